The largest absolute Gasteiger partial charge is 0.359 e. The minimum atomic E-state index is -0.0790. The molecule has 102 valence electrons. The molecule has 0 aliphatic heterocycles. The van der Waals surface area contributed by atoms with E-state index in [2.05, 4.69) is 10.6 Å². The molecule has 2 N–H and O–H groups in total. The lowest BCUT2D eigenvalue weighted by Crippen LogP contribution is -2.43. The summed E-state index contributed by atoms with van der Waals surface area (Å²) in [6.45, 7) is 0. The standard InChI is InChI=1S/C15H20N2O2/c1-16-15(19)12-8-5-9-13(12)17-14(18)10-11-6-3-2-4-7-11/h2-4,6-7,12-13H,5,8-10H2,1H3,(H,16,19)(H,17,18). The molecule has 1 aliphatic carbocycles. The minimum absolute atomic E-state index is 0.00740. The molecule has 2 unspecified atom stereocenters. The van der Waals surface area contributed by atoms with E-state index in [1.54, 1.807) is 7.05 Å². The first kappa shape index (κ1) is 13.6. The van der Waals surface area contributed by atoms with Gasteiger partial charge >= 0.3 is 0 Å². The molecule has 4 heteroatoms. The zero-order valence-electron chi connectivity index (χ0n) is 11.2. The molecule has 0 heterocycles. The second kappa shape index (κ2) is 6.36. The van der Waals surface area contributed by atoms with Crippen molar-refractivity contribution in [2.75, 3.05) is 7.05 Å². The number of nitrogens with one attached hydrogen (secondary N) is 2. The normalized spacial score (nSPS) is 21.9. The second-order valence-electron chi connectivity index (χ2n) is 4.99. The van der Waals surface area contributed by atoms with E-state index in [0.29, 0.717) is 6.42 Å². The predicted octanol–water partition coefficient (Wildman–Crippen LogP) is 1.26. The zero-order valence-corrected chi connectivity index (χ0v) is 11.2. The van der Waals surface area contributed by atoms with Gasteiger partial charge in [0.25, 0.3) is 0 Å². The summed E-state index contributed by atoms with van der Waals surface area (Å²) in [4.78, 5) is 23.7. The number of hydrogen-bond acceptors (Lipinski definition) is 2. The van der Waals surface area contributed by atoms with Crippen LogP contribution < -0.4 is 10.6 Å². The van der Waals surface area contributed by atoms with Crippen LogP contribution in [0.25, 0.3) is 0 Å². The third-order valence-corrected chi connectivity index (χ3v) is 3.65. The van der Waals surface area contributed by atoms with Gasteiger partial charge in [0, 0.05) is 13.1 Å². The van der Waals surface area contributed by atoms with Crippen molar-refractivity contribution >= 4 is 11.8 Å². The van der Waals surface area contributed by atoms with Gasteiger partial charge in [-0.1, -0.05) is 36.8 Å². The summed E-state index contributed by atoms with van der Waals surface area (Å²) in [5, 5.41) is 5.66. The van der Waals surface area contributed by atoms with Crippen molar-refractivity contribution in [2.24, 2.45) is 5.92 Å². The second-order valence-corrected chi connectivity index (χ2v) is 4.99. The summed E-state index contributed by atoms with van der Waals surface area (Å²) < 4.78 is 0. The van der Waals surface area contributed by atoms with Crippen molar-refractivity contribution in [1.29, 1.82) is 0 Å². The highest BCUT2D eigenvalue weighted by Gasteiger charge is 2.33. The number of hydrogen-bond donors (Lipinski definition) is 2. The van der Waals surface area contributed by atoms with E-state index < -0.39 is 0 Å². The predicted molar refractivity (Wildman–Crippen MR) is 73.5 cm³/mol. The fourth-order valence-electron chi connectivity index (χ4n) is 2.67. The Morgan fingerprint density at radius 3 is 2.63 bits per heavy atom. The van der Waals surface area contributed by atoms with Crippen LogP contribution in [0.2, 0.25) is 0 Å². The van der Waals surface area contributed by atoms with E-state index in [4.69, 9.17) is 0 Å². The van der Waals surface area contributed by atoms with Crippen LogP contribution in [0.3, 0.4) is 0 Å². The molecule has 4 nitrogen and oxygen atoms in total. The van der Waals surface area contributed by atoms with Crippen molar-refractivity contribution in [3.63, 3.8) is 0 Å². The Labute approximate surface area is 113 Å². The molecule has 1 aromatic carbocycles. The molecule has 1 aromatic rings. The van der Waals surface area contributed by atoms with E-state index in [9.17, 15) is 9.59 Å². The zero-order chi connectivity index (χ0) is 13.7. The lowest BCUT2D eigenvalue weighted by atomic mass is 10.0. The molecule has 0 spiro atoms. The Bertz CT molecular complexity index is 445. The fraction of sp³-hybridized carbons (Fsp3) is 0.467. The van der Waals surface area contributed by atoms with Gasteiger partial charge in [-0.25, -0.2) is 0 Å². The summed E-state index contributed by atoms with van der Waals surface area (Å²) in [5.41, 5.74) is 0.995. The van der Waals surface area contributed by atoms with Crippen LogP contribution in [-0.2, 0) is 16.0 Å². The Hall–Kier alpha value is -1.84. The molecule has 0 bridgehead atoms. The number of rotatable bonds is 4. The molecule has 0 aromatic heterocycles. The van der Waals surface area contributed by atoms with E-state index in [-0.39, 0.29) is 23.8 Å². The molecule has 1 saturated carbocycles. The summed E-state index contributed by atoms with van der Waals surface area (Å²) in [5.74, 6) is -0.0563. The lowest BCUT2D eigenvalue weighted by molar-refractivity contribution is -0.126. The molecule has 1 aliphatic rings. The summed E-state index contributed by atoms with van der Waals surface area (Å²) in [7, 11) is 1.64. The molecule has 2 atom stereocenters. The Balaban J connectivity index is 1.90. The molecule has 1 fully saturated rings. The maximum atomic E-state index is 12.0. The number of amides is 2. The van der Waals surface area contributed by atoms with E-state index >= 15 is 0 Å². The highest BCUT2D eigenvalue weighted by atomic mass is 16.2. The molecule has 19 heavy (non-hydrogen) atoms. The van der Waals surface area contributed by atoms with E-state index in [0.717, 1.165) is 24.8 Å². The molecule has 0 radical (unpaired) electrons. The van der Waals surface area contributed by atoms with Gasteiger partial charge in [0.2, 0.25) is 11.8 Å². The van der Waals surface area contributed by atoms with Crippen LogP contribution >= 0.6 is 0 Å². The number of carbonyl (C=O) groups excluding carboxylic acids is 2. The molecule has 0 saturated heterocycles. The van der Waals surface area contributed by atoms with Gasteiger partial charge in [0.1, 0.15) is 0 Å². The van der Waals surface area contributed by atoms with Crippen LogP contribution in [0.5, 0.6) is 0 Å². The summed E-state index contributed by atoms with van der Waals surface area (Å²) in [6.07, 6.45) is 3.11. The SMILES string of the molecule is CNC(=O)C1CCCC1NC(=O)Cc1ccccc1. The van der Waals surface area contributed by atoms with E-state index in [1.807, 2.05) is 30.3 Å². The topological polar surface area (TPSA) is 58.2 Å². The third-order valence-electron chi connectivity index (χ3n) is 3.65. The van der Waals surface area contributed by atoms with Crippen molar-refractivity contribution in [1.82, 2.24) is 10.6 Å². The minimum Gasteiger partial charge on any atom is -0.359 e. The van der Waals surface area contributed by atoms with Gasteiger partial charge in [0.05, 0.1) is 12.3 Å². The van der Waals surface area contributed by atoms with Gasteiger partial charge in [-0.05, 0) is 18.4 Å². The molecule has 2 rings (SSSR count). The van der Waals surface area contributed by atoms with Gasteiger partial charge < -0.3 is 10.6 Å². The lowest BCUT2D eigenvalue weighted by Gasteiger charge is -2.19. The Kier molecular flexibility index (Phi) is 4.55. The maximum absolute atomic E-state index is 12.0. The highest BCUT2D eigenvalue weighted by molar-refractivity contribution is 5.82. The van der Waals surface area contributed by atoms with Gasteiger partial charge in [-0.3, -0.25) is 9.59 Å². The first-order valence-electron chi connectivity index (χ1n) is 6.75. The average molecular weight is 260 g/mol. The summed E-state index contributed by atoms with van der Waals surface area (Å²) in [6, 6.07) is 9.63. The smallest absolute Gasteiger partial charge is 0.224 e. The monoisotopic (exact) mass is 260 g/mol. The summed E-state index contributed by atoms with van der Waals surface area (Å²) >= 11 is 0. The van der Waals surface area contributed by atoms with Gasteiger partial charge in [-0.15, -0.1) is 0 Å². The first-order valence-corrected chi connectivity index (χ1v) is 6.75. The van der Waals surface area contributed by atoms with E-state index in [1.165, 1.54) is 0 Å². The number of benzene rings is 1. The van der Waals surface area contributed by atoms with Crippen molar-refractivity contribution in [3.05, 3.63) is 35.9 Å². The molecular weight excluding hydrogens is 240 g/mol. The van der Waals surface area contributed by atoms with Gasteiger partial charge in [0.15, 0.2) is 0 Å². The highest BCUT2D eigenvalue weighted by Crippen LogP contribution is 2.25. The van der Waals surface area contributed by atoms with Crippen LogP contribution in [0.1, 0.15) is 24.8 Å². The Morgan fingerprint density at radius 1 is 1.21 bits per heavy atom. The van der Waals surface area contributed by atoms with Crippen LogP contribution in [0.15, 0.2) is 30.3 Å². The third kappa shape index (κ3) is 3.56. The molecule has 2 amide bonds. The Morgan fingerprint density at radius 2 is 1.95 bits per heavy atom. The van der Waals surface area contributed by atoms with Crippen molar-refractivity contribution in [3.8, 4) is 0 Å². The first-order chi connectivity index (χ1) is 9.20. The fourth-order valence-corrected chi connectivity index (χ4v) is 2.67. The van der Waals surface area contributed by atoms with Crippen LogP contribution in [0.4, 0.5) is 0 Å². The van der Waals surface area contributed by atoms with Crippen molar-refractivity contribution in [2.45, 2.75) is 31.7 Å². The average Bonchev–Trinajstić information content (AvgIpc) is 2.87. The van der Waals surface area contributed by atoms with Crippen LogP contribution in [0, 0.1) is 5.92 Å². The number of carbonyl (C=O) groups is 2. The quantitative estimate of drug-likeness (QED) is 0.856. The molecular formula is C15H20N2O2. The maximum Gasteiger partial charge on any atom is 0.224 e. The van der Waals surface area contributed by atoms with Gasteiger partial charge in [-0.2, -0.15) is 0 Å². The van der Waals surface area contributed by atoms with Crippen LogP contribution in [-0.4, -0.2) is 24.9 Å². The van der Waals surface area contributed by atoms with Crippen molar-refractivity contribution < 1.29 is 9.59 Å².